The number of para-hydroxylation sites is 1. The second-order valence-corrected chi connectivity index (χ2v) is 17.5. The van der Waals surface area contributed by atoms with Crippen LogP contribution in [-0.2, 0) is 0 Å². The predicted molar refractivity (Wildman–Crippen MR) is 271 cm³/mol. The van der Waals surface area contributed by atoms with Crippen LogP contribution in [0.5, 0.6) is 5.75 Å². The first kappa shape index (κ1) is 38.8. The van der Waals surface area contributed by atoms with Crippen LogP contribution in [0.3, 0.4) is 0 Å². The molecule has 312 valence electrons. The average molecular weight is 837 g/mol. The molecule has 3 aliphatic carbocycles. The molecule has 0 spiro atoms. The first-order valence-electron chi connectivity index (χ1n) is 23.0. The molecule has 12 rings (SSSR count). The monoisotopic (exact) mass is 836 g/mol. The van der Waals surface area contributed by atoms with Gasteiger partial charge in [-0.05, 0) is 105 Å². The van der Waals surface area contributed by atoms with Crippen LogP contribution in [0.15, 0.2) is 225 Å². The smallest absolute Gasteiger partial charge is 0.158 e. The third-order valence-corrected chi connectivity index (χ3v) is 13.7. The number of fused-ring (bicyclic) bond motifs is 3. The minimum absolute atomic E-state index is 0.0431. The molecule has 1 aliphatic heterocycles. The van der Waals surface area contributed by atoms with Gasteiger partial charge in [-0.2, -0.15) is 0 Å². The fraction of sp³-hybridized carbons (Fsp3) is 0.0968. The fourth-order valence-corrected chi connectivity index (χ4v) is 10.5. The molecule has 0 bridgehead atoms. The number of nitrogens with zero attached hydrogens (tertiary/aromatic N) is 2. The zero-order valence-electron chi connectivity index (χ0n) is 36.2. The molecule has 3 atom stereocenters. The highest BCUT2D eigenvalue weighted by molar-refractivity contribution is 5.90. The zero-order valence-corrected chi connectivity index (χ0v) is 36.2. The minimum Gasteiger partial charge on any atom is -0.458 e. The molecule has 3 nitrogen and oxygen atoms in total. The maximum Gasteiger partial charge on any atom is 0.158 e. The average Bonchev–Trinajstić information content (AvgIpc) is 3.38. The van der Waals surface area contributed by atoms with Gasteiger partial charge in [-0.3, -0.25) is 0 Å². The van der Waals surface area contributed by atoms with Gasteiger partial charge in [0.05, 0.1) is 17.8 Å². The van der Waals surface area contributed by atoms with Crippen LogP contribution in [0, 0.1) is 0 Å². The van der Waals surface area contributed by atoms with Crippen molar-refractivity contribution in [3.8, 4) is 39.1 Å². The third kappa shape index (κ3) is 7.20. The Kier molecular flexibility index (Phi) is 9.95. The van der Waals surface area contributed by atoms with Gasteiger partial charge in [0.25, 0.3) is 0 Å². The van der Waals surface area contributed by atoms with Crippen LogP contribution < -0.4 is 25.0 Å². The molecular formula is C62H48N2O. The van der Waals surface area contributed by atoms with E-state index in [1.165, 1.54) is 60.6 Å². The first-order chi connectivity index (χ1) is 32.2. The standard InChI is InChI=1S/C62H48N2O/c1-4-15-43(16-5-1)46-29-35-51(36-30-46)63(52-37-31-47(32-38-52)44-17-6-2-7-18-44)59-28-14-26-57-56-25-12-23-50-41-54(42-60(61(50)56)65-62(57)59)64(58-27-13-22-49-21-10-11-24-55(49)58)53-39-33-48(34-40-53)45-19-8-3-9-20-45/h1-19,21-26,28-41,45,54,58H,20,27,42H2. The summed E-state index contributed by atoms with van der Waals surface area (Å²) in [4.78, 5) is 5.03. The van der Waals surface area contributed by atoms with Crippen LogP contribution in [0.2, 0.25) is 0 Å². The van der Waals surface area contributed by atoms with E-state index in [4.69, 9.17) is 4.74 Å². The van der Waals surface area contributed by atoms with Gasteiger partial charge in [-0.1, -0.05) is 194 Å². The van der Waals surface area contributed by atoms with Gasteiger partial charge in [-0.15, -0.1) is 0 Å². The minimum atomic E-state index is 0.0431. The number of benzene rings is 8. The third-order valence-electron chi connectivity index (χ3n) is 13.7. The normalized spacial score (nSPS) is 17.5. The Morgan fingerprint density at radius 1 is 0.492 bits per heavy atom. The summed E-state index contributed by atoms with van der Waals surface area (Å²) in [7, 11) is 0. The van der Waals surface area contributed by atoms with Crippen molar-refractivity contribution < 1.29 is 4.74 Å². The van der Waals surface area contributed by atoms with Crippen molar-refractivity contribution in [2.24, 2.45) is 0 Å². The Balaban J connectivity index is 0.960. The molecule has 3 heteroatoms. The Morgan fingerprint density at radius 2 is 1.12 bits per heavy atom. The van der Waals surface area contributed by atoms with E-state index < -0.39 is 0 Å². The fourth-order valence-electron chi connectivity index (χ4n) is 10.5. The predicted octanol–water partition coefficient (Wildman–Crippen LogP) is 14.5. The maximum absolute atomic E-state index is 7.45. The number of anilines is 4. The van der Waals surface area contributed by atoms with E-state index in [-0.39, 0.29) is 12.1 Å². The molecule has 0 aromatic heterocycles. The van der Waals surface area contributed by atoms with Gasteiger partial charge in [0.1, 0.15) is 5.76 Å². The van der Waals surface area contributed by atoms with Crippen molar-refractivity contribution in [2.75, 3.05) is 9.80 Å². The summed E-state index contributed by atoms with van der Waals surface area (Å²) in [6.07, 6.45) is 18.7. The van der Waals surface area contributed by atoms with Gasteiger partial charge < -0.3 is 14.5 Å². The Hall–Kier alpha value is -7.88. The van der Waals surface area contributed by atoms with Crippen molar-refractivity contribution in [1.29, 1.82) is 0 Å². The molecule has 8 aromatic carbocycles. The molecule has 0 saturated heterocycles. The summed E-state index contributed by atoms with van der Waals surface area (Å²) >= 11 is 0. The van der Waals surface area contributed by atoms with Crippen LogP contribution in [0.25, 0.3) is 51.3 Å². The summed E-state index contributed by atoms with van der Waals surface area (Å²) < 4.78 is 7.45. The first-order valence-corrected chi connectivity index (χ1v) is 23.0. The summed E-state index contributed by atoms with van der Waals surface area (Å²) in [6.45, 7) is 0. The van der Waals surface area contributed by atoms with Crippen molar-refractivity contribution in [1.82, 2.24) is 0 Å². The van der Waals surface area contributed by atoms with E-state index in [0.29, 0.717) is 5.92 Å². The topological polar surface area (TPSA) is 15.7 Å². The lowest BCUT2D eigenvalue weighted by Crippen LogP contribution is -2.46. The van der Waals surface area contributed by atoms with Crippen molar-refractivity contribution in [3.63, 3.8) is 0 Å². The number of hydrogen-bond donors (Lipinski definition) is 0. The molecule has 4 aliphatic rings. The second-order valence-electron chi connectivity index (χ2n) is 17.5. The highest BCUT2D eigenvalue weighted by Gasteiger charge is 2.34. The molecule has 0 radical (unpaired) electrons. The van der Waals surface area contributed by atoms with Crippen molar-refractivity contribution >= 4 is 40.7 Å². The second kappa shape index (κ2) is 16.7. The summed E-state index contributed by atoms with van der Waals surface area (Å²) in [6, 6.07) is 71.0. The Morgan fingerprint density at radius 3 is 1.82 bits per heavy atom. The van der Waals surface area contributed by atoms with Crippen LogP contribution in [0.1, 0.15) is 47.9 Å². The van der Waals surface area contributed by atoms with E-state index in [1.54, 1.807) is 0 Å². The van der Waals surface area contributed by atoms with Crippen LogP contribution >= 0.6 is 0 Å². The molecule has 0 saturated carbocycles. The van der Waals surface area contributed by atoms with Crippen LogP contribution in [0.4, 0.5) is 22.7 Å². The number of allylic oxidation sites excluding steroid dienone is 4. The van der Waals surface area contributed by atoms with Gasteiger partial charge in [0, 0.05) is 40.2 Å². The lowest BCUT2D eigenvalue weighted by molar-refractivity contribution is 0.463. The van der Waals surface area contributed by atoms with Gasteiger partial charge in [0.2, 0.25) is 0 Å². The molecule has 0 amide bonds. The molecular weight excluding hydrogens is 789 g/mol. The quantitative estimate of drug-likeness (QED) is 0.144. The van der Waals surface area contributed by atoms with E-state index in [2.05, 4.69) is 246 Å². The number of ether oxygens (including phenoxy) is 1. The Labute approximate surface area is 381 Å². The molecule has 0 N–H and O–H groups in total. The maximum atomic E-state index is 7.45. The summed E-state index contributed by atoms with van der Waals surface area (Å²) in [5.74, 6) is 2.29. The largest absolute Gasteiger partial charge is 0.458 e. The molecule has 65 heavy (non-hydrogen) atoms. The number of rotatable bonds is 9. The summed E-state index contributed by atoms with van der Waals surface area (Å²) in [5.41, 5.74) is 15.4. The SMILES string of the molecule is C1=CCC(c2ccc(N(C3C=c4cccc5c4=C(C3)Oc3c-5cccc3N(c3ccc(-c4ccccc4)cc3)c3ccc(-c4ccccc4)cc3)C3CC=Cc4ccccc43)cc2)C=C1. The van der Waals surface area contributed by atoms with Gasteiger partial charge in [0.15, 0.2) is 5.75 Å². The van der Waals surface area contributed by atoms with E-state index >= 15 is 0 Å². The molecule has 8 aromatic rings. The van der Waals surface area contributed by atoms with Gasteiger partial charge >= 0.3 is 0 Å². The van der Waals surface area contributed by atoms with Gasteiger partial charge in [-0.25, -0.2) is 0 Å². The van der Waals surface area contributed by atoms with E-state index in [9.17, 15) is 0 Å². The van der Waals surface area contributed by atoms with E-state index in [1.807, 2.05) is 0 Å². The van der Waals surface area contributed by atoms with Crippen molar-refractivity contribution in [2.45, 2.75) is 37.3 Å². The zero-order chi connectivity index (χ0) is 43.1. The highest BCUT2D eigenvalue weighted by Crippen LogP contribution is 2.48. The Bertz CT molecular complexity index is 3170. The van der Waals surface area contributed by atoms with Crippen LogP contribution in [-0.4, -0.2) is 6.04 Å². The lowest BCUT2D eigenvalue weighted by atomic mass is 9.87. The summed E-state index contributed by atoms with van der Waals surface area (Å²) in [5, 5.41) is 2.42. The molecule has 0 fully saturated rings. The molecule has 1 heterocycles. The number of hydrogen-bond acceptors (Lipinski definition) is 3. The lowest BCUT2D eigenvalue weighted by Gasteiger charge is -2.42. The van der Waals surface area contributed by atoms with E-state index in [0.717, 1.165) is 53.4 Å². The highest BCUT2D eigenvalue weighted by atomic mass is 16.5. The van der Waals surface area contributed by atoms with Crippen molar-refractivity contribution in [3.05, 3.63) is 252 Å². The molecule has 3 unspecified atom stereocenters.